The second-order valence-corrected chi connectivity index (χ2v) is 7.09. The van der Waals surface area contributed by atoms with Gasteiger partial charge < -0.3 is 9.20 Å². The van der Waals surface area contributed by atoms with Gasteiger partial charge in [-0.3, -0.25) is 0 Å². The van der Waals surface area contributed by atoms with Crippen LogP contribution in [0.25, 0.3) is 27.4 Å². The Hall–Kier alpha value is -2.87. The third-order valence-corrected chi connectivity index (χ3v) is 5.09. The van der Waals surface area contributed by atoms with Crippen LogP contribution in [-0.2, 0) is 11.2 Å². The Balaban J connectivity index is 2.19. The predicted octanol–water partition coefficient (Wildman–Crippen LogP) is 6.01. The number of nitrogens with zero attached hydrogens (tertiary/aromatic N) is 1. The maximum Gasteiger partial charge on any atom is 0.120 e. The molecule has 0 aliphatic rings. The standard InChI is InChI=1S/C24H23NO/c1-17(2)23-21(13-8-16-26)22(19-10-4-3-5-11-19)24-20-12-7-6-9-18(20)14-15-25(23)24/h3-7,9-12,14-17H,8,13H2,1-2H3. The van der Waals surface area contributed by atoms with Gasteiger partial charge in [-0.2, -0.15) is 0 Å². The van der Waals surface area contributed by atoms with Crippen LogP contribution < -0.4 is 0 Å². The molecular formula is C24H23NO. The Bertz CT molecular complexity index is 1070. The van der Waals surface area contributed by atoms with Gasteiger partial charge in [0.1, 0.15) is 6.29 Å². The lowest BCUT2D eigenvalue weighted by atomic mass is 9.94. The highest BCUT2D eigenvalue weighted by atomic mass is 16.1. The number of hydrogen-bond acceptors (Lipinski definition) is 1. The molecule has 2 aromatic carbocycles. The fourth-order valence-electron chi connectivity index (χ4n) is 4.09. The molecule has 0 aliphatic carbocycles. The summed E-state index contributed by atoms with van der Waals surface area (Å²) in [6.07, 6.45) is 4.54. The monoisotopic (exact) mass is 341 g/mol. The maximum atomic E-state index is 11.1. The van der Waals surface area contributed by atoms with Crippen LogP contribution in [0.2, 0.25) is 0 Å². The van der Waals surface area contributed by atoms with Crippen LogP contribution in [0.1, 0.15) is 37.4 Å². The zero-order valence-corrected chi connectivity index (χ0v) is 15.3. The summed E-state index contributed by atoms with van der Waals surface area (Å²) in [6, 6.07) is 21.3. The smallest absolute Gasteiger partial charge is 0.120 e. The average molecular weight is 341 g/mol. The largest absolute Gasteiger partial charge is 0.319 e. The van der Waals surface area contributed by atoms with E-state index in [0.717, 1.165) is 12.7 Å². The molecule has 4 rings (SSSR count). The number of benzene rings is 2. The molecule has 0 amide bonds. The van der Waals surface area contributed by atoms with E-state index in [1.54, 1.807) is 0 Å². The number of rotatable bonds is 5. The molecule has 2 aromatic heterocycles. The molecule has 0 fully saturated rings. The maximum absolute atomic E-state index is 11.1. The van der Waals surface area contributed by atoms with Gasteiger partial charge >= 0.3 is 0 Å². The molecule has 0 radical (unpaired) electrons. The van der Waals surface area contributed by atoms with Crippen LogP contribution in [0.4, 0.5) is 0 Å². The van der Waals surface area contributed by atoms with Gasteiger partial charge in [-0.15, -0.1) is 0 Å². The summed E-state index contributed by atoms with van der Waals surface area (Å²) in [7, 11) is 0. The second kappa shape index (κ2) is 6.80. The summed E-state index contributed by atoms with van der Waals surface area (Å²) in [5, 5.41) is 2.50. The highest BCUT2D eigenvalue weighted by molar-refractivity contribution is 6.05. The summed E-state index contributed by atoms with van der Waals surface area (Å²) >= 11 is 0. The molecule has 0 aliphatic heterocycles. The van der Waals surface area contributed by atoms with E-state index in [1.165, 1.54) is 38.7 Å². The Morgan fingerprint density at radius 3 is 2.42 bits per heavy atom. The normalized spacial score (nSPS) is 11.5. The molecule has 2 heterocycles. The van der Waals surface area contributed by atoms with E-state index in [0.29, 0.717) is 12.3 Å². The van der Waals surface area contributed by atoms with Gasteiger partial charge in [0.25, 0.3) is 0 Å². The second-order valence-electron chi connectivity index (χ2n) is 7.09. The lowest BCUT2D eigenvalue weighted by Crippen LogP contribution is -1.99. The molecule has 130 valence electrons. The zero-order valence-electron chi connectivity index (χ0n) is 15.3. The molecular weight excluding hydrogens is 318 g/mol. The molecule has 4 aromatic rings. The number of aromatic nitrogens is 1. The number of fused-ring (bicyclic) bond motifs is 3. The Kier molecular flexibility index (Phi) is 4.34. The van der Waals surface area contributed by atoms with Crippen LogP contribution >= 0.6 is 0 Å². The Morgan fingerprint density at radius 1 is 0.962 bits per heavy atom. The third kappa shape index (κ3) is 2.62. The van der Waals surface area contributed by atoms with Crippen molar-refractivity contribution < 1.29 is 4.79 Å². The van der Waals surface area contributed by atoms with Crippen LogP contribution in [0.15, 0.2) is 66.9 Å². The van der Waals surface area contributed by atoms with Gasteiger partial charge in [0, 0.05) is 29.3 Å². The van der Waals surface area contributed by atoms with Gasteiger partial charge in [0.2, 0.25) is 0 Å². The van der Waals surface area contributed by atoms with Gasteiger partial charge in [-0.1, -0.05) is 68.4 Å². The minimum absolute atomic E-state index is 0.378. The minimum Gasteiger partial charge on any atom is -0.319 e. The van der Waals surface area contributed by atoms with E-state index in [1.807, 2.05) is 6.07 Å². The number of pyridine rings is 1. The first-order chi connectivity index (χ1) is 12.7. The molecule has 0 bridgehead atoms. The van der Waals surface area contributed by atoms with Gasteiger partial charge in [0.15, 0.2) is 0 Å². The molecule has 0 spiro atoms. The van der Waals surface area contributed by atoms with Crippen molar-refractivity contribution in [2.24, 2.45) is 0 Å². The van der Waals surface area contributed by atoms with Crippen LogP contribution in [0.5, 0.6) is 0 Å². The molecule has 0 atom stereocenters. The fraction of sp³-hybridized carbons (Fsp3) is 0.208. The van der Waals surface area contributed by atoms with Gasteiger partial charge in [-0.05, 0) is 34.9 Å². The number of hydrogen-bond donors (Lipinski definition) is 0. The van der Waals surface area contributed by atoms with Crippen molar-refractivity contribution in [3.63, 3.8) is 0 Å². The highest BCUT2D eigenvalue weighted by Gasteiger charge is 2.22. The molecule has 0 N–H and O–H groups in total. The highest BCUT2D eigenvalue weighted by Crippen LogP contribution is 2.40. The van der Waals surface area contributed by atoms with Crippen molar-refractivity contribution in [1.82, 2.24) is 4.40 Å². The molecule has 2 heteroatoms. The molecule has 26 heavy (non-hydrogen) atoms. The summed E-state index contributed by atoms with van der Waals surface area (Å²) in [6.45, 7) is 4.46. The summed E-state index contributed by atoms with van der Waals surface area (Å²) in [5.41, 5.74) is 6.35. The topological polar surface area (TPSA) is 21.5 Å². The SMILES string of the molecule is CC(C)c1c(CCC=O)c(-c2ccccc2)c2c3ccccc3ccn12. The fourth-order valence-corrected chi connectivity index (χ4v) is 4.09. The van der Waals surface area contributed by atoms with Crippen molar-refractivity contribution in [1.29, 1.82) is 0 Å². The van der Waals surface area contributed by atoms with E-state index in [9.17, 15) is 4.79 Å². The van der Waals surface area contributed by atoms with E-state index in [2.05, 4.69) is 79.0 Å². The quantitative estimate of drug-likeness (QED) is 0.407. The van der Waals surface area contributed by atoms with Gasteiger partial charge in [0.05, 0.1) is 5.52 Å². The molecule has 0 saturated carbocycles. The van der Waals surface area contributed by atoms with Crippen molar-refractivity contribution in [2.45, 2.75) is 32.6 Å². The Labute approximate surface area is 154 Å². The van der Waals surface area contributed by atoms with Crippen molar-refractivity contribution in [3.05, 3.63) is 78.1 Å². The van der Waals surface area contributed by atoms with Crippen molar-refractivity contribution in [2.75, 3.05) is 0 Å². The lowest BCUT2D eigenvalue weighted by molar-refractivity contribution is -0.107. The van der Waals surface area contributed by atoms with Gasteiger partial charge in [-0.25, -0.2) is 0 Å². The third-order valence-electron chi connectivity index (χ3n) is 5.09. The minimum atomic E-state index is 0.378. The van der Waals surface area contributed by atoms with Crippen molar-refractivity contribution >= 4 is 22.6 Å². The first kappa shape index (κ1) is 16.6. The van der Waals surface area contributed by atoms with Crippen LogP contribution in [-0.4, -0.2) is 10.7 Å². The summed E-state index contributed by atoms with van der Waals surface area (Å²) < 4.78 is 2.34. The lowest BCUT2D eigenvalue weighted by Gasteiger charge is -2.10. The van der Waals surface area contributed by atoms with Crippen LogP contribution in [0, 0.1) is 0 Å². The number of aldehydes is 1. The van der Waals surface area contributed by atoms with E-state index in [4.69, 9.17) is 0 Å². The average Bonchev–Trinajstić information content (AvgIpc) is 3.01. The predicted molar refractivity (Wildman–Crippen MR) is 109 cm³/mol. The molecule has 0 saturated heterocycles. The molecule has 0 unspecified atom stereocenters. The van der Waals surface area contributed by atoms with E-state index < -0.39 is 0 Å². The zero-order chi connectivity index (χ0) is 18.1. The Morgan fingerprint density at radius 2 is 1.69 bits per heavy atom. The van der Waals surface area contributed by atoms with E-state index in [-0.39, 0.29) is 0 Å². The van der Waals surface area contributed by atoms with Crippen LogP contribution in [0.3, 0.4) is 0 Å². The summed E-state index contributed by atoms with van der Waals surface area (Å²) in [4.78, 5) is 11.1. The number of carbonyl (C=O) groups excluding carboxylic acids is 1. The number of carbonyl (C=O) groups is 1. The first-order valence-corrected chi connectivity index (χ1v) is 9.26. The van der Waals surface area contributed by atoms with Crippen molar-refractivity contribution in [3.8, 4) is 11.1 Å². The molecule has 2 nitrogen and oxygen atoms in total. The first-order valence-electron chi connectivity index (χ1n) is 9.26. The van der Waals surface area contributed by atoms with E-state index >= 15 is 0 Å². The summed E-state index contributed by atoms with van der Waals surface area (Å²) in [5.74, 6) is 0.378.